The fraction of sp³-hybridized carbons (Fsp3) is 0.364. The third-order valence-electron chi connectivity index (χ3n) is 2.12. The molecule has 0 fully saturated rings. The van der Waals surface area contributed by atoms with Gasteiger partial charge in [0.2, 0.25) is 5.91 Å². The molecule has 0 aromatic heterocycles. The molecule has 18 heavy (non-hydrogen) atoms. The molecule has 0 aliphatic carbocycles. The summed E-state index contributed by atoms with van der Waals surface area (Å²) in [5, 5.41) is 2.07. The van der Waals surface area contributed by atoms with Crippen LogP contribution in [0.3, 0.4) is 0 Å². The van der Waals surface area contributed by atoms with Crippen LogP contribution in [0.5, 0.6) is 0 Å². The second kappa shape index (κ2) is 7.23. The van der Waals surface area contributed by atoms with Crippen LogP contribution in [0.1, 0.15) is 5.56 Å². The number of hydrogen-bond acceptors (Lipinski definition) is 2. The number of halogens is 4. The Morgan fingerprint density at radius 1 is 1.28 bits per heavy atom. The molecule has 0 bridgehead atoms. The van der Waals surface area contributed by atoms with Gasteiger partial charge < -0.3 is 11.1 Å². The molecule has 1 rings (SSSR count). The molecule has 0 atom stereocenters. The van der Waals surface area contributed by atoms with E-state index in [0.717, 1.165) is 0 Å². The maximum Gasteiger partial charge on any atom is 0.277 e. The summed E-state index contributed by atoms with van der Waals surface area (Å²) in [6.45, 7) is -1.60. The van der Waals surface area contributed by atoms with Gasteiger partial charge in [-0.2, -0.15) is 0 Å². The van der Waals surface area contributed by atoms with Crippen molar-refractivity contribution in [2.24, 2.45) is 5.73 Å². The Kier molecular flexibility index (Phi) is 6.72. The van der Waals surface area contributed by atoms with E-state index < -0.39 is 30.7 Å². The van der Waals surface area contributed by atoms with Crippen molar-refractivity contribution in [1.29, 1.82) is 0 Å². The first-order valence-electron chi connectivity index (χ1n) is 5.02. The van der Waals surface area contributed by atoms with E-state index in [0.29, 0.717) is 5.56 Å². The topological polar surface area (TPSA) is 55.1 Å². The zero-order valence-corrected chi connectivity index (χ0v) is 10.3. The standard InChI is InChI=1S/C11H13F3N2O.ClH/c12-9-3-1-8(2-4-9)5-10(17)16-7-11(13,14)6-15;/h1-4H,5-7,15H2,(H,16,17);1H. The highest BCUT2D eigenvalue weighted by Gasteiger charge is 2.26. The fourth-order valence-corrected chi connectivity index (χ4v) is 1.15. The van der Waals surface area contributed by atoms with Gasteiger partial charge in [0.15, 0.2) is 0 Å². The van der Waals surface area contributed by atoms with Crippen LogP contribution in [-0.4, -0.2) is 24.9 Å². The first-order valence-corrected chi connectivity index (χ1v) is 5.02. The number of nitrogens with two attached hydrogens (primary N) is 1. The number of amides is 1. The lowest BCUT2D eigenvalue weighted by Crippen LogP contribution is -2.42. The molecule has 3 N–H and O–H groups in total. The molecule has 1 amide bonds. The van der Waals surface area contributed by atoms with Gasteiger partial charge in [0, 0.05) is 0 Å². The van der Waals surface area contributed by atoms with E-state index in [2.05, 4.69) is 5.32 Å². The van der Waals surface area contributed by atoms with Crippen molar-refractivity contribution in [2.45, 2.75) is 12.3 Å². The average molecular weight is 283 g/mol. The van der Waals surface area contributed by atoms with Crippen molar-refractivity contribution in [1.82, 2.24) is 5.32 Å². The van der Waals surface area contributed by atoms with Gasteiger partial charge in [-0.1, -0.05) is 12.1 Å². The Hall–Kier alpha value is -1.27. The highest BCUT2D eigenvalue weighted by molar-refractivity contribution is 5.85. The summed E-state index contributed by atoms with van der Waals surface area (Å²) in [6.07, 6.45) is -0.0685. The molecule has 0 saturated carbocycles. The quantitative estimate of drug-likeness (QED) is 0.860. The summed E-state index contributed by atoms with van der Waals surface area (Å²) in [5.74, 6) is -4.06. The Bertz CT molecular complexity index is 384. The van der Waals surface area contributed by atoms with Gasteiger partial charge in [-0.3, -0.25) is 4.79 Å². The van der Waals surface area contributed by atoms with Crippen LogP contribution >= 0.6 is 12.4 Å². The van der Waals surface area contributed by atoms with Gasteiger partial charge in [-0.15, -0.1) is 12.4 Å². The van der Waals surface area contributed by atoms with Crippen LogP contribution < -0.4 is 11.1 Å². The van der Waals surface area contributed by atoms with Crippen molar-refractivity contribution in [3.8, 4) is 0 Å². The van der Waals surface area contributed by atoms with Gasteiger partial charge >= 0.3 is 0 Å². The van der Waals surface area contributed by atoms with Crippen LogP contribution in [0.15, 0.2) is 24.3 Å². The molecular formula is C11H14ClF3N2O. The molecule has 0 heterocycles. The Morgan fingerprint density at radius 2 is 1.83 bits per heavy atom. The van der Waals surface area contributed by atoms with E-state index in [1.54, 1.807) is 0 Å². The van der Waals surface area contributed by atoms with Crippen molar-refractivity contribution >= 4 is 18.3 Å². The molecule has 0 radical (unpaired) electrons. The van der Waals surface area contributed by atoms with Crippen LogP contribution in [0.4, 0.5) is 13.2 Å². The van der Waals surface area contributed by atoms with Gasteiger partial charge in [0.05, 0.1) is 19.5 Å². The minimum atomic E-state index is -3.10. The van der Waals surface area contributed by atoms with Crippen LogP contribution in [0.2, 0.25) is 0 Å². The van der Waals surface area contributed by atoms with E-state index >= 15 is 0 Å². The lowest BCUT2D eigenvalue weighted by molar-refractivity contribution is -0.122. The molecule has 0 aliphatic rings. The number of alkyl halides is 2. The van der Waals surface area contributed by atoms with Crippen LogP contribution in [-0.2, 0) is 11.2 Å². The van der Waals surface area contributed by atoms with E-state index in [1.165, 1.54) is 24.3 Å². The number of hydrogen-bond donors (Lipinski definition) is 2. The smallest absolute Gasteiger partial charge is 0.277 e. The molecule has 1 aromatic carbocycles. The summed E-state index contributed by atoms with van der Waals surface area (Å²) >= 11 is 0. The first-order chi connectivity index (χ1) is 7.93. The Balaban J connectivity index is 0.00000289. The molecule has 0 saturated heterocycles. The number of carbonyl (C=O) groups is 1. The first kappa shape index (κ1) is 16.7. The van der Waals surface area contributed by atoms with Crippen molar-refractivity contribution < 1.29 is 18.0 Å². The maximum absolute atomic E-state index is 12.7. The summed E-state index contributed by atoms with van der Waals surface area (Å²) < 4.78 is 38.0. The van der Waals surface area contributed by atoms with E-state index in [9.17, 15) is 18.0 Å². The molecule has 0 spiro atoms. The third-order valence-corrected chi connectivity index (χ3v) is 2.12. The largest absolute Gasteiger partial charge is 0.350 e. The molecule has 0 aliphatic heterocycles. The third kappa shape index (κ3) is 5.88. The molecular weight excluding hydrogens is 269 g/mol. The SMILES string of the molecule is Cl.NCC(F)(F)CNC(=O)Cc1ccc(F)cc1. The van der Waals surface area contributed by atoms with Crippen molar-refractivity contribution in [3.05, 3.63) is 35.6 Å². The number of rotatable bonds is 5. The highest BCUT2D eigenvalue weighted by atomic mass is 35.5. The Morgan fingerprint density at radius 3 is 2.33 bits per heavy atom. The average Bonchev–Trinajstić information content (AvgIpc) is 2.30. The fourth-order valence-electron chi connectivity index (χ4n) is 1.15. The lowest BCUT2D eigenvalue weighted by atomic mass is 10.1. The lowest BCUT2D eigenvalue weighted by Gasteiger charge is -2.14. The normalized spacial score (nSPS) is 10.7. The second-order valence-electron chi connectivity index (χ2n) is 3.64. The minimum Gasteiger partial charge on any atom is -0.350 e. The zero-order valence-electron chi connectivity index (χ0n) is 9.46. The zero-order chi connectivity index (χ0) is 12.9. The van der Waals surface area contributed by atoms with Gasteiger partial charge in [0.1, 0.15) is 5.82 Å². The molecule has 1 aromatic rings. The Labute approximate surface area is 109 Å². The van der Waals surface area contributed by atoms with Crippen molar-refractivity contribution in [3.63, 3.8) is 0 Å². The second-order valence-corrected chi connectivity index (χ2v) is 3.64. The van der Waals surface area contributed by atoms with Gasteiger partial charge in [0.25, 0.3) is 5.92 Å². The van der Waals surface area contributed by atoms with Crippen LogP contribution in [0, 0.1) is 5.82 Å². The molecule has 7 heteroatoms. The molecule has 3 nitrogen and oxygen atoms in total. The monoisotopic (exact) mass is 282 g/mol. The molecule has 102 valence electrons. The summed E-state index contributed by atoms with van der Waals surface area (Å²) in [6, 6.07) is 5.26. The van der Waals surface area contributed by atoms with Gasteiger partial charge in [-0.05, 0) is 17.7 Å². The van der Waals surface area contributed by atoms with Crippen LogP contribution in [0.25, 0.3) is 0 Å². The maximum atomic E-state index is 12.7. The highest BCUT2D eigenvalue weighted by Crippen LogP contribution is 2.09. The predicted molar refractivity (Wildman–Crippen MR) is 64.4 cm³/mol. The number of benzene rings is 1. The number of carbonyl (C=O) groups excluding carboxylic acids is 1. The van der Waals surface area contributed by atoms with Crippen molar-refractivity contribution in [2.75, 3.05) is 13.1 Å². The van der Waals surface area contributed by atoms with E-state index in [4.69, 9.17) is 5.73 Å². The summed E-state index contributed by atoms with van der Waals surface area (Å²) in [5.41, 5.74) is 5.37. The van der Waals surface area contributed by atoms with Gasteiger partial charge in [-0.25, -0.2) is 13.2 Å². The molecule has 0 unspecified atom stereocenters. The summed E-state index contributed by atoms with van der Waals surface area (Å²) in [7, 11) is 0. The summed E-state index contributed by atoms with van der Waals surface area (Å²) in [4.78, 5) is 11.3. The minimum absolute atomic E-state index is 0. The van der Waals surface area contributed by atoms with E-state index in [-0.39, 0.29) is 18.8 Å². The number of nitrogens with one attached hydrogen (secondary N) is 1. The van der Waals surface area contributed by atoms with E-state index in [1.807, 2.05) is 0 Å². The predicted octanol–water partition coefficient (Wildman–Crippen LogP) is 1.50.